The number of para-hydroxylation sites is 1. The van der Waals surface area contributed by atoms with Crippen LogP contribution < -0.4 is 22.6 Å². The Kier molecular flexibility index (Phi) is 8.62. The fraction of sp³-hybridized carbons (Fsp3) is 0.0612. The smallest absolute Gasteiger partial charge is 0.417 e. The third kappa shape index (κ3) is 6.37. The number of hydrogen-bond donors (Lipinski definition) is 0. The van der Waals surface area contributed by atoms with Gasteiger partial charge in [-0.25, -0.2) is 0 Å². The van der Waals surface area contributed by atoms with Gasteiger partial charge in [-0.2, -0.15) is 0 Å². The molecule has 0 unspecified atom stereocenters. The lowest BCUT2D eigenvalue weighted by molar-refractivity contribution is 0.252. The third-order valence-electron chi connectivity index (χ3n) is 10.9. The number of fused-ring (bicyclic) bond motifs is 12. The highest BCUT2D eigenvalue weighted by atomic mass is 31.2. The average molecular weight is 781 g/mol. The summed E-state index contributed by atoms with van der Waals surface area (Å²) in [6.07, 6.45) is 1.32. The van der Waals surface area contributed by atoms with Crippen LogP contribution in [0.4, 0.5) is 0 Å². The van der Waals surface area contributed by atoms with Crippen LogP contribution in [0.3, 0.4) is 0 Å². The molecule has 57 heavy (non-hydrogen) atoms. The first-order chi connectivity index (χ1) is 28.2. The summed E-state index contributed by atoms with van der Waals surface area (Å²) < 4.78 is 39.9. The summed E-state index contributed by atoms with van der Waals surface area (Å²) in [6.45, 7) is 0.166. The van der Waals surface area contributed by atoms with E-state index in [1.54, 1.807) is 0 Å². The van der Waals surface area contributed by atoms with Crippen LogP contribution in [0, 0.1) is 0 Å². The van der Waals surface area contributed by atoms with Gasteiger partial charge < -0.3 is 22.6 Å². The number of benzene rings is 9. The molecule has 0 fully saturated rings. The molecule has 0 N–H and O–H groups in total. The van der Waals surface area contributed by atoms with Crippen LogP contribution in [0.1, 0.15) is 27.8 Å². The largest absolute Gasteiger partial charge is 0.530 e. The van der Waals surface area contributed by atoms with Gasteiger partial charge in [-0.3, -0.25) is 4.52 Å². The molecule has 0 saturated heterocycles. The molecule has 0 aliphatic carbocycles. The van der Waals surface area contributed by atoms with Crippen LogP contribution in [0.25, 0.3) is 43.1 Å². The summed E-state index contributed by atoms with van der Waals surface area (Å²) in [6, 6.07) is 58.0. The van der Waals surface area contributed by atoms with Gasteiger partial charge >= 0.3 is 17.2 Å². The first kappa shape index (κ1) is 34.1. The van der Waals surface area contributed by atoms with E-state index in [4.69, 9.17) is 27.1 Å². The summed E-state index contributed by atoms with van der Waals surface area (Å²) in [5.41, 5.74) is 5.22. The summed E-state index contributed by atoms with van der Waals surface area (Å²) in [5, 5.41) is 9.21. The monoisotopic (exact) mass is 780 g/mol. The topological polar surface area (TPSA) is 55.4 Å². The van der Waals surface area contributed by atoms with E-state index in [1.807, 2.05) is 48.5 Å². The second-order valence-corrected chi connectivity index (χ2v) is 16.3. The zero-order chi connectivity index (χ0) is 37.7. The van der Waals surface area contributed by atoms with Gasteiger partial charge in [0.1, 0.15) is 28.7 Å². The molecule has 2 heterocycles. The minimum absolute atomic E-state index is 0.166. The van der Waals surface area contributed by atoms with Crippen molar-refractivity contribution in [1.82, 2.24) is 0 Å². The van der Waals surface area contributed by atoms with Crippen LogP contribution >= 0.6 is 17.2 Å². The highest BCUT2D eigenvalue weighted by Gasteiger charge is 2.30. The summed E-state index contributed by atoms with van der Waals surface area (Å²) in [4.78, 5) is 0. The first-order valence-corrected chi connectivity index (χ1v) is 21.1. The minimum atomic E-state index is -1.94. The van der Waals surface area contributed by atoms with Gasteiger partial charge in [0.2, 0.25) is 0 Å². The minimum Gasteiger partial charge on any atom is -0.417 e. The molecule has 0 atom stereocenters. The molecule has 8 heteroatoms. The van der Waals surface area contributed by atoms with Gasteiger partial charge in [0.25, 0.3) is 0 Å². The van der Waals surface area contributed by atoms with E-state index in [9.17, 15) is 0 Å². The van der Waals surface area contributed by atoms with Crippen molar-refractivity contribution in [3.05, 3.63) is 198 Å². The molecule has 0 spiro atoms. The molecule has 9 aromatic rings. The van der Waals surface area contributed by atoms with Gasteiger partial charge in [0.05, 0.1) is 6.61 Å². The molecule has 0 amide bonds. The fourth-order valence-corrected chi connectivity index (χ4v) is 10.2. The van der Waals surface area contributed by atoms with E-state index in [0.717, 1.165) is 93.9 Å². The van der Waals surface area contributed by atoms with Crippen LogP contribution in [-0.4, -0.2) is 0 Å². The highest BCUT2D eigenvalue weighted by Crippen LogP contribution is 2.52. The van der Waals surface area contributed by atoms with E-state index in [1.165, 1.54) is 0 Å². The second kappa shape index (κ2) is 14.4. The Labute approximate surface area is 332 Å². The summed E-state index contributed by atoms with van der Waals surface area (Å²) >= 11 is 0. The number of rotatable bonds is 5. The molecule has 0 aromatic heterocycles. The first-order valence-electron chi connectivity index (χ1n) is 19.0. The molecular weight excluding hydrogens is 746 g/mol. The van der Waals surface area contributed by atoms with Crippen LogP contribution in [0.2, 0.25) is 0 Å². The fourth-order valence-electron chi connectivity index (χ4n) is 8.05. The Hall–Kier alpha value is -6.16. The van der Waals surface area contributed by atoms with Gasteiger partial charge in [-0.15, -0.1) is 0 Å². The van der Waals surface area contributed by atoms with Crippen LogP contribution in [-0.2, 0) is 24.0 Å². The summed E-state index contributed by atoms with van der Waals surface area (Å²) in [7, 11) is -3.82. The highest BCUT2D eigenvalue weighted by molar-refractivity contribution is 7.43. The van der Waals surface area contributed by atoms with Gasteiger partial charge in [0, 0.05) is 40.7 Å². The van der Waals surface area contributed by atoms with E-state index in [0.29, 0.717) is 18.6 Å². The van der Waals surface area contributed by atoms with Crippen molar-refractivity contribution in [3.8, 4) is 28.7 Å². The van der Waals surface area contributed by atoms with Crippen molar-refractivity contribution < 1.29 is 27.1 Å². The van der Waals surface area contributed by atoms with Gasteiger partial charge in [-0.05, 0) is 73.4 Å². The normalized spacial score (nSPS) is 14.0. The maximum atomic E-state index is 6.72. The molecule has 0 saturated carbocycles. The maximum absolute atomic E-state index is 6.72. The molecular formula is C49H34O6P2. The lowest BCUT2D eigenvalue weighted by Gasteiger charge is -2.26. The Balaban J connectivity index is 0.932. The predicted octanol–water partition coefficient (Wildman–Crippen LogP) is 13.8. The second-order valence-electron chi connectivity index (χ2n) is 14.2. The molecule has 2 aliphatic heterocycles. The Morgan fingerprint density at radius 3 is 1.14 bits per heavy atom. The third-order valence-corrected chi connectivity index (χ3v) is 12.9. The lowest BCUT2D eigenvalue weighted by atomic mass is 9.93. The molecule has 0 bridgehead atoms. The van der Waals surface area contributed by atoms with E-state index in [2.05, 4.69) is 121 Å². The Morgan fingerprint density at radius 2 is 0.719 bits per heavy atom. The summed E-state index contributed by atoms with van der Waals surface area (Å²) in [5.74, 6) is 3.57. The van der Waals surface area contributed by atoms with Gasteiger partial charge in [0.15, 0.2) is 0 Å². The molecule has 0 radical (unpaired) electrons. The molecule has 6 nitrogen and oxygen atoms in total. The average Bonchev–Trinajstić information content (AvgIpc) is 3.24. The Bertz CT molecular complexity index is 2830. The lowest BCUT2D eigenvalue weighted by Crippen LogP contribution is -2.10. The zero-order valence-electron chi connectivity index (χ0n) is 30.6. The van der Waals surface area contributed by atoms with E-state index >= 15 is 0 Å². The van der Waals surface area contributed by atoms with Crippen molar-refractivity contribution >= 4 is 60.3 Å². The van der Waals surface area contributed by atoms with Crippen molar-refractivity contribution in [1.29, 1.82) is 0 Å². The van der Waals surface area contributed by atoms with Crippen molar-refractivity contribution in [2.24, 2.45) is 0 Å². The van der Waals surface area contributed by atoms with Crippen molar-refractivity contribution in [2.45, 2.75) is 19.4 Å². The SMILES string of the molecule is c1ccc(OP2Oc3ccc4ccccc4c3Cc3c(ccc4ccccc34)O2)c(COP2Oc3ccc4ccccc4c3Cc3c(ccc4ccccc34)O2)c1. The molecule has 276 valence electrons. The van der Waals surface area contributed by atoms with E-state index < -0.39 is 17.2 Å². The Morgan fingerprint density at radius 1 is 0.368 bits per heavy atom. The van der Waals surface area contributed by atoms with Crippen LogP contribution in [0.5, 0.6) is 28.7 Å². The van der Waals surface area contributed by atoms with Crippen molar-refractivity contribution in [3.63, 3.8) is 0 Å². The van der Waals surface area contributed by atoms with Crippen molar-refractivity contribution in [2.75, 3.05) is 0 Å². The van der Waals surface area contributed by atoms with Crippen LogP contribution in [0.15, 0.2) is 170 Å². The quantitative estimate of drug-likeness (QED) is 0.162. The standard InChI is InChI=1S/C49H34O6P2/c1-6-16-37-32(11-1)21-25-46-41(37)29-42-38-17-7-2-12-33(38)22-26-47(42)53-56(52-46)50-31-36-15-5-10-20-45(36)51-57-54-48-27-23-34-13-3-8-18-39(34)43(48)30-44-40-19-9-4-14-35(40)24-28-49(44)55-57/h1-28H,29-31H2. The maximum Gasteiger partial charge on any atom is 0.530 e. The zero-order valence-corrected chi connectivity index (χ0v) is 32.4. The molecule has 11 rings (SSSR count). The molecule has 2 aliphatic rings. The molecule has 9 aromatic carbocycles. The van der Waals surface area contributed by atoms with Gasteiger partial charge in [-0.1, -0.05) is 140 Å². The predicted molar refractivity (Wildman–Crippen MR) is 230 cm³/mol. The number of hydrogen-bond acceptors (Lipinski definition) is 6. The van der Waals surface area contributed by atoms with E-state index in [-0.39, 0.29) is 6.61 Å².